The molecule has 0 amide bonds. The van der Waals surface area contributed by atoms with Gasteiger partial charge in [-0.05, 0) is 17.7 Å². The Labute approximate surface area is 93.3 Å². The van der Waals surface area contributed by atoms with E-state index in [4.69, 9.17) is 0 Å². The van der Waals surface area contributed by atoms with Gasteiger partial charge in [-0.15, -0.1) is 12.6 Å². The van der Waals surface area contributed by atoms with Crippen molar-refractivity contribution >= 4 is 12.6 Å². The number of hydrogen-bond donors (Lipinski definition) is 2. The number of thiol groups is 1. The molecule has 0 aromatic heterocycles. The topological polar surface area (TPSA) is 12.0 Å². The summed E-state index contributed by atoms with van der Waals surface area (Å²) in [5.74, 6) is 0. The van der Waals surface area contributed by atoms with Crippen LogP contribution in [0.3, 0.4) is 0 Å². The Hall–Kier alpha value is -0.470. The molecule has 1 N–H and O–H groups in total. The molecule has 14 heavy (non-hydrogen) atoms. The minimum atomic E-state index is 0.542. The predicted molar refractivity (Wildman–Crippen MR) is 67.0 cm³/mol. The molecule has 80 valence electrons. The van der Waals surface area contributed by atoms with Crippen molar-refractivity contribution in [3.8, 4) is 0 Å². The third kappa shape index (κ3) is 6.06. The first-order valence-electron chi connectivity index (χ1n) is 5.20. The lowest BCUT2D eigenvalue weighted by atomic mass is 10.2. The van der Waals surface area contributed by atoms with Crippen LogP contribution in [0.25, 0.3) is 0 Å². The molecule has 0 radical (unpaired) electrons. The minimum Gasteiger partial charge on any atom is -0.310 e. The molecule has 0 aliphatic heterocycles. The van der Waals surface area contributed by atoms with E-state index < -0.39 is 0 Å². The van der Waals surface area contributed by atoms with Crippen LogP contribution in [-0.4, -0.2) is 6.04 Å². The maximum atomic E-state index is 4.22. The van der Waals surface area contributed by atoms with Gasteiger partial charge in [-0.25, -0.2) is 0 Å². The summed E-state index contributed by atoms with van der Waals surface area (Å²) in [6.45, 7) is 9.23. The number of rotatable bonds is 3. The molecule has 0 unspecified atom stereocenters. The normalized spacial score (nSPS) is 9.57. The van der Waals surface area contributed by atoms with Crippen molar-refractivity contribution in [2.75, 3.05) is 0 Å². The number of benzene rings is 1. The van der Waals surface area contributed by atoms with Crippen LogP contribution in [0.5, 0.6) is 0 Å². The molecule has 0 saturated carbocycles. The van der Waals surface area contributed by atoms with Crippen LogP contribution in [0, 0.1) is 0 Å². The van der Waals surface area contributed by atoms with E-state index in [-0.39, 0.29) is 0 Å². The maximum Gasteiger partial charge on any atom is 0.0207 e. The van der Waals surface area contributed by atoms with E-state index in [1.807, 2.05) is 26.0 Å². The summed E-state index contributed by atoms with van der Waals surface area (Å²) in [4.78, 5) is 1.02. The highest BCUT2D eigenvalue weighted by molar-refractivity contribution is 7.80. The quantitative estimate of drug-likeness (QED) is 0.729. The molecule has 1 aromatic carbocycles. The second kappa shape index (κ2) is 7.89. The highest BCUT2D eigenvalue weighted by atomic mass is 32.1. The Morgan fingerprint density at radius 2 is 1.64 bits per heavy atom. The Bertz CT molecular complexity index is 229. The molecule has 0 atom stereocenters. The summed E-state index contributed by atoms with van der Waals surface area (Å²) < 4.78 is 0. The van der Waals surface area contributed by atoms with Gasteiger partial charge in [-0.3, -0.25) is 0 Å². The fraction of sp³-hybridized carbons (Fsp3) is 0.500. The fourth-order valence-corrected chi connectivity index (χ4v) is 1.08. The van der Waals surface area contributed by atoms with Gasteiger partial charge in [0.2, 0.25) is 0 Å². The van der Waals surface area contributed by atoms with Crippen LogP contribution < -0.4 is 5.32 Å². The van der Waals surface area contributed by atoms with Crippen LogP contribution in [0.1, 0.15) is 33.3 Å². The van der Waals surface area contributed by atoms with E-state index in [1.54, 1.807) is 0 Å². The Balaban J connectivity index is 0.000000791. The van der Waals surface area contributed by atoms with E-state index in [9.17, 15) is 0 Å². The summed E-state index contributed by atoms with van der Waals surface area (Å²) in [5, 5.41) is 3.36. The minimum absolute atomic E-state index is 0.542. The van der Waals surface area contributed by atoms with Crippen molar-refractivity contribution in [1.29, 1.82) is 0 Å². The highest BCUT2D eigenvalue weighted by Crippen LogP contribution is 2.07. The molecule has 0 aliphatic rings. The standard InChI is InChI=1S/C10H15NS.C2H6/c1-8(2)11-7-9-3-5-10(12)6-4-9;1-2/h3-6,8,11-12H,7H2,1-2H3;1-2H3. The molecule has 0 aliphatic carbocycles. The molecule has 0 spiro atoms. The van der Waals surface area contributed by atoms with Crippen molar-refractivity contribution in [3.05, 3.63) is 29.8 Å². The summed E-state index contributed by atoms with van der Waals surface area (Å²) in [6, 6.07) is 8.76. The molecule has 1 rings (SSSR count). The molecule has 2 heteroatoms. The van der Waals surface area contributed by atoms with E-state index >= 15 is 0 Å². The summed E-state index contributed by atoms with van der Waals surface area (Å²) in [6.07, 6.45) is 0. The largest absolute Gasteiger partial charge is 0.310 e. The summed E-state index contributed by atoms with van der Waals surface area (Å²) in [5.41, 5.74) is 1.31. The van der Waals surface area contributed by atoms with Crippen LogP contribution in [-0.2, 0) is 6.54 Å². The SMILES string of the molecule is CC.CC(C)NCc1ccc(S)cc1. The van der Waals surface area contributed by atoms with Crippen LogP contribution in [0.4, 0.5) is 0 Å². The molecule has 0 saturated heterocycles. The van der Waals surface area contributed by atoms with Gasteiger partial charge in [0.15, 0.2) is 0 Å². The molecular weight excluding hydrogens is 190 g/mol. The summed E-state index contributed by atoms with van der Waals surface area (Å²) >= 11 is 4.22. The lowest BCUT2D eigenvalue weighted by Gasteiger charge is -2.07. The molecular formula is C12H21NS. The Morgan fingerprint density at radius 1 is 1.14 bits per heavy atom. The third-order valence-corrected chi connectivity index (χ3v) is 1.95. The fourth-order valence-electron chi connectivity index (χ4n) is 0.936. The van der Waals surface area contributed by atoms with Gasteiger partial charge in [0, 0.05) is 17.5 Å². The Morgan fingerprint density at radius 3 is 2.07 bits per heavy atom. The zero-order valence-electron chi connectivity index (χ0n) is 9.54. The lowest BCUT2D eigenvalue weighted by Crippen LogP contribution is -2.21. The molecule has 0 fully saturated rings. The number of hydrogen-bond acceptors (Lipinski definition) is 2. The first-order chi connectivity index (χ1) is 6.68. The van der Waals surface area contributed by atoms with Crippen LogP contribution in [0.15, 0.2) is 29.2 Å². The van der Waals surface area contributed by atoms with Gasteiger partial charge in [-0.2, -0.15) is 0 Å². The van der Waals surface area contributed by atoms with E-state index in [0.29, 0.717) is 6.04 Å². The molecule has 1 nitrogen and oxygen atoms in total. The smallest absolute Gasteiger partial charge is 0.0207 e. The van der Waals surface area contributed by atoms with Gasteiger partial charge in [-0.1, -0.05) is 39.8 Å². The zero-order chi connectivity index (χ0) is 11.0. The van der Waals surface area contributed by atoms with Gasteiger partial charge in [0.05, 0.1) is 0 Å². The van der Waals surface area contributed by atoms with Gasteiger partial charge in [0.1, 0.15) is 0 Å². The molecule has 0 bridgehead atoms. The lowest BCUT2D eigenvalue weighted by molar-refractivity contribution is 0.588. The van der Waals surface area contributed by atoms with Crippen molar-refractivity contribution in [3.63, 3.8) is 0 Å². The molecule has 1 aromatic rings. The highest BCUT2D eigenvalue weighted by Gasteiger charge is 1.93. The predicted octanol–water partition coefficient (Wildman–Crippen LogP) is 3.50. The maximum absolute atomic E-state index is 4.22. The average molecular weight is 211 g/mol. The van der Waals surface area contributed by atoms with Crippen molar-refractivity contribution in [2.45, 2.75) is 45.2 Å². The van der Waals surface area contributed by atoms with Gasteiger partial charge < -0.3 is 5.32 Å². The van der Waals surface area contributed by atoms with Crippen molar-refractivity contribution < 1.29 is 0 Å². The van der Waals surface area contributed by atoms with Gasteiger partial charge in [0.25, 0.3) is 0 Å². The van der Waals surface area contributed by atoms with E-state index in [0.717, 1.165) is 11.4 Å². The first-order valence-corrected chi connectivity index (χ1v) is 5.64. The van der Waals surface area contributed by atoms with Crippen molar-refractivity contribution in [2.24, 2.45) is 0 Å². The first kappa shape index (κ1) is 13.5. The van der Waals surface area contributed by atoms with E-state index in [1.165, 1.54) is 5.56 Å². The monoisotopic (exact) mass is 211 g/mol. The second-order valence-electron chi connectivity index (χ2n) is 3.20. The summed E-state index contributed by atoms with van der Waals surface area (Å²) in [7, 11) is 0. The van der Waals surface area contributed by atoms with Gasteiger partial charge >= 0.3 is 0 Å². The number of nitrogens with one attached hydrogen (secondary N) is 1. The van der Waals surface area contributed by atoms with Crippen molar-refractivity contribution in [1.82, 2.24) is 5.32 Å². The average Bonchev–Trinajstić information content (AvgIpc) is 2.20. The van der Waals surface area contributed by atoms with E-state index in [2.05, 4.69) is 43.9 Å². The second-order valence-corrected chi connectivity index (χ2v) is 3.72. The van der Waals surface area contributed by atoms with Crippen LogP contribution in [0.2, 0.25) is 0 Å². The Kier molecular flexibility index (Phi) is 7.63. The van der Waals surface area contributed by atoms with Crippen LogP contribution >= 0.6 is 12.6 Å². The zero-order valence-corrected chi connectivity index (χ0v) is 10.4. The third-order valence-electron chi connectivity index (χ3n) is 1.65. The molecule has 0 heterocycles.